The Morgan fingerprint density at radius 3 is 1.88 bits per heavy atom. The molecule has 25 heavy (non-hydrogen) atoms. The van der Waals surface area contributed by atoms with E-state index in [4.69, 9.17) is 15.9 Å². The van der Waals surface area contributed by atoms with Gasteiger partial charge in [0.05, 0.1) is 10.8 Å². The van der Waals surface area contributed by atoms with Crippen LogP contribution in [-0.4, -0.2) is 50.3 Å². The summed E-state index contributed by atoms with van der Waals surface area (Å²) >= 11 is 0. The molecule has 0 aromatic carbocycles. The first-order valence-corrected chi connectivity index (χ1v) is 7.39. The van der Waals surface area contributed by atoms with E-state index in [-0.39, 0.29) is 18.9 Å². The van der Waals surface area contributed by atoms with E-state index in [2.05, 4.69) is 0 Å². The molecule has 3 unspecified atom stereocenters. The molecule has 0 bridgehead atoms. The molecule has 9 heteroatoms. The van der Waals surface area contributed by atoms with Crippen molar-refractivity contribution < 1.29 is 39.6 Å². The van der Waals surface area contributed by atoms with Gasteiger partial charge in [0.15, 0.2) is 0 Å². The molecule has 0 aliphatic heterocycles. The fourth-order valence-corrected chi connectivity index (χ4v) is 2.63. The van der Waals surface area contributed by atoms with Gasteiger partial charge in [0.2, 0.25) is 0 Å². The molecular formula is C16H23NO8. The number of hydrogen-bond donors (Lipinski definition) is 5. The molecule has 1 aliphatic rings. The van der Waals surface area contributed by atoms with Crippen molar-refractivity contribution in [3.63, 3.8) is 0 Å². The number of aliphatic carboxylic acids is 4. The highest BCUT2D eigenvalue weighted by molar-refractivity contribution is 5.89. The lowest BCUT2D eigenvalue weighted by molar-refractivity contribution is -0.156. The van der Waals surface area contributed by atoms with Crippen LogP contribution in [0, 0.1) is 10.8 Å². The number of allylic oxidation sites excluding steroid dienone is 1. The van der Waals surface area contributed by atoms with Crippen molar-refractivity contribution in [2.75, 3.05) is 0 Å². The van der Waals surface area contributed by atoms with E-state index in [1.165, 1.54) is 0 Å². The maximum absolute atomic E-state index is 11.4. The number of carboxylic acid groups (broad SMARTS) is 4. The Balaban J connectivity index is 0.000000609. The van der Waals surface area contributed by atoms with Gasteiger partial charge in [-0.3, -0.25) is 9.59 Å². The van der Waals surface area contributed by atoms with Crippen LogP contribution in [0.2, 0.25) is 0 Å². The summed E-state index contributed by atoms with van der Waals surface area (Å²) in [5.74, 6) is -4.48. The second kappa shape index (κ2) is 8.97. The Hall–Kier alpha value is -2.68. The summed E-state index contributed by atoms with van der Waals surface area (Å²) in [5, 5.41) is 34.2. The first-order valence-electron chi connectivity index (χ1n) is 7.39. The van der Waals surface area contributed by atoms with Crippen molar-refractivity contribution in [2.24, 2.45) is 16.6 Å². The highest BCUT2D eigenvalue weighted by Crippen LogP contribution is 2.45. The van der Waals surface area contributed by atoms with E-state index in [1.54, 1.807) is 26.0 Å². The van der Waals surface area contributed by atoms with Gasteiger partial charge in [0, 0.05) is 18.2 Å². The van der Waals surface area contributed by atoms with Crippen LogP contribution < -0.4 is 5.73 Å². The number of carboxylic acids is 4. The Morgan fingerprint density at radius 1 is 1.08 bits per heavy atom. The van der Waals surface area contributed by atoms with Crippen molar-refractivity contribution in [1.82, 2.24) is 0 Å². The average molecular weight is 357 g/mol. The lowest BCUT2D eigenvalue weighted by Crippen LogP contribution is -2.44. The third-order valence-electron chi connectivity index (χ3n) is 3.71. The van der Waals surface area contributed by atoms with Crippen molar-refractivity contribution in [3.8, 4) is 0 Å². The zero-order valence-corrected chi connectivity index (χ0v) is 14.0. The minimum atomic E-state index is -1.26. The first kappa shape index (κ1) is 22.3. The molecule has 0 saturated carbocycles. The third-order valence-corrected chi connectivity index (χ3v) is 3.71. The minimum Gasteiger partial charge on any atom is -0.481 e. The first-order chi connectivity index (χ1) is 11.3. The van der Waals surface area contributed by atoms with Crippen LogP contribution in [0.15, 0.2) is 24.3 Å². The summed E-state index contributed by atoms with van der Waals surface area (Å²) in [5.41, 5.74) is 3.49. The van der Waals surface area contributed by atoms with Crippen LogP contribution in [0.3, 0.4) is 0 Å². The van der Waals surface area contributed by atoms with Crippen molar-refractivity contribution >= 4 is 23.9 Å². The van der Waals surface area contributed by atoms with Crippen LogP contribution in [0.25, 0.3) is 0 Å². The van der Waals surface area contributed by atoms with E-state index < -0.39 is 34.7 Å². The number of carbonyl (C=O) groups is 4. The third kappa shape index (κ3) is 7.17. The SMILES string of the molecule is CC(N)CC1(C(=O)O)C=CCC(C)(C(=O)O)C1.O=C(O)/C=C/C(=O)O. The molecule has 6 N–H and O–H groups in total. The van der Waals surface area contributed by atoms with Crippen molar-refractivity contribution in [3.05, 3.63) is 24.3 Å². The largest absolute Gasteiger partial charge is 0.481 e. The van der Waals surface area contributed by atoms with E-state index in [1.807, 2.05) is 0 Å². The molecular weight excluding hydrogens is 334 g/mol. The highest BCUT2D eigenvalue weighted by atomic mass is 16.4. The average Bonchev–Trinajstić information content (AvgIpc) is 2.44. The van der Waals surface area contributed by atoms with Crippen LogP contribution in [0.5, 0.6) is 0 Å². The lowest BCUT2D eigenvalue weighted by Gasteiger charge is -2.38. The Bertz CT molecular complexity index is 579. The van der Waals surface area contributed by atoms with E-state index in [0.717, 1.165) is 0 Å². The Morgan fingerprint density at radius 2 is 1.56 bits per heavy atom. The van der Waals surface area contributed by atoms with Crippen LogP contribution in [-0.2, 0) is 19.2 Å². The fourth-order valence-electron chi connectivity index (χ4n) is 2.63. The minimum absolute atomic E-state index is 0.0860. The Labute approximate surface area is 144 Å². The summed E-state index contributed by atoms with van der Waals surface area (Å²) in [6.07, 6.45) is 5.06. The Kier molecular flexibility index (Phi) is 8.01. The monoisotopic (exact) mass is 357 g/mol. The molecule has 0 radical (unpaired) electrons. The van der Waals surface area contributed by atoms with Gasteiger partial charge in [-0.1, -0.05) is 12.2 Å². The summed E-state index contributed by atoms with van der Waals surface area (Å²) in [6, 6.07) is -0.285. The molecule has 1 rings (SSSR count). The standard InChI is InChI=1S/C12H19NO4.C4H4O4/c1-8(13)6-12(10(16)17)5-3-4-11(2,7-12)9(14)15;5-3(6)1-2-4(7)8/h3,5,8H,4,6-7,13H2,1-2H3,(H,14,15)(H,16,17);1-2H,(H,5,6)(H,7,8)/b;2-1+. The zero-order valence-electron chi connectivity index (χ0n) is 14.0. The second-order valence-corrected chi connectivity index (χ2v) is 6.30. The molecule has 140 valence electrons. The van der Waals surface area contributed by atoms with Crippen LogP contribution >= 0.6 is 0 Å². The summed E-state index contributed by atoms with van der Waals surface area (Å²) in [4.78, 5) is 41.7. The lowest BCUT2D eigenvalue weighted by atomic mass is 9.64. The van der Waals surface area contributed by atoms with Crippen molar-refractivity contribution in [2.45, 2.75) is 39.2 Å². The topological polar surface area (TPSA) is 175 Å². The van der Waals surface area contributed by atoms with Gasteiger partial charge in [0.1, 0.15) is 0 Å². The van der Waals surface area contributed by atoms with Gasteiger partial charge in [-0.15, -0.1) is 0 Å². The van der Waals surface area contributed by atoms with Crippen LogP contribution in [0.1, 0.15) is 33.1 Å². The maximum Gasteiger partial charge on any atom is 0.328 e. The fraction of sp³-hybridized carbons (Fsp3) is 0.500. The molecule has 0 saturated heterocycles. The smallest absolute Gasteiger partial charge is 0.328 e. The molecule has 1 aliphatic carbocycles. The van der Waals surface area contributed by atoms with E-state index >= 15 is 0 Å². The molecule has 9 nitrogen and oxygen atoms in total. The van der Waals surface area contributed by atoms with E-state index in [9.17, 15) is 29.4 Å². The van der Waals surface area contributed by atoms with Gasteiger partial charge < -0.3 is 26.2 Å². The van der Waals surface area contributed by atoms with E-state index in [0.29, 0.717) is 18.6 Å². The molecule has 0 aromatic rings. The van der Waals surface area contributed by atoms with Gasteiger partial charge >= 0.3 is 23.9 Å². The summed E-state index contributed by atoms with van der Waals surface area (Å²) < 4.78 is 0. The molecule has 0 heterocycles. The molecule has 0 aromatic heterocycles. The molecule has 0 fully saturated rings. The number of hydrogen-bond acceptors (Lipinski definition) is 5. The van der Waals surface area contributed by atoms with Gasteiger partial charge in [0.25, 0.3) is 0 Å². The number of rotatable bonds is 6. The normalized spacial score (nSPS) is 26.4. The van der Waals surface area contributed by atoms with Crippen molar-refractivity contribution in [1.29, 1.82) is 0 Å². The predicted molar refractivity (Wildman–Crippen MR) is 86.9 cm³/mol. The van der Waals surface area contributed by atoms with Crippen LogP contribution in [0.4, 0.5) is 0 Å². The molecule has 0 amide bonds. The predicted octanol–water partition coefficient (Wildman–Crippen LogP) is 0.947. The zero-order chi connectivity index (χ0) is 19.8. The highest BCUT2D eigenvalue weighted by Gasteiger charge is 2.48. The van der Waals surface area contributed by atoms with Gasteiger partial charge in [-0.25, -0.2) is 9.59 Å². The number of nitrogens with two attached hydrogens (primary N) is 1. The second-order valence-electron chi connectivity index (χ2n) is 6.30. The molecule has 0 spiro atoms. The quantitative estimate of drug-likeness (QED) is 0.342. The molecule has 3 atom stereocenters. The van der Waals surface area contributed by atoms with Gasteiger partial charge in [-0.05, 0) is 33.1 Å². The summed E-state index contributed by atoms with van der Waals surface area (Å²) in [6.45, 7) is 3.31. The van der Waals surface area contributed by atoms with Gasteiger partial charge in [-0.2, -0.15) is 0 Å². The maximum atomic E-state index is 11.4. The summed E-state index contributed by atoms with van der Waals surface area (Å²) in [7, 11) is 0.